The highest BCUT2D eigenvalue weighted by Gasteiger charge is 2.25. The van der Waals surface area contributed by atoms with Gasteiger partial charge in [-0.1, -0.05) is 12.1 Å². The molecule has 0 saturated carbocycles. The number of halogens is 2. The van der Waals surface area contributed by atoms with Crippen molar-refractivity contribution in [2.45, 2.75) is 18.7 Å². The van der Waals surface area contributed by atoms with Crippen molar-refractivity contribution in [2.24, 2.45) is 5.73 Å². The Kier molecular flexibility index (Phi) is 11.4. The zero-order chi connectivity index (χ0) is 30.0. The molecule has 0 atom stereocenters. The molecule has 2 aromatic carbocycles. The molecule has 2 radical (unpaired) electrons. The summed E-state index contributed by atoms with van der Waals surface area (Å²) >= 11 is 0. The molecular formula is C26H31BF2N6O5. The number of terminal acetylenes is 1. The standard InChI is InChI=1S/C23H25F2N5O3.C2H2.CH4BNO2/c1-32-17-13-16-20(19(25)21(17)33-2)27-23(28-22(16)26)30-11-9-29(10-12-30)18(31)8-5-14-3-6-15(24)7-4-14;1-2;2-1(3,4)5/h3-4,6-7,13H,5,8-12H2,1-2H3,(H2,26,27,28);1-2H;4-5H,3H2. The summed E-state index contributed by atoms with van der Waals surface area (Å²) in [5.74, 6) is -2.85. The third-order valence-corrected chi connectivity index (χ3v) is 5.75. The van der Waals surface area contributed by atoms with Gasteiger partial charge in [-0.15, -0.1) is 12.8 Å². The van der Waals surface area contributed by atoms with Crippen LogP contribution >= 0.6 is 0 Å². The maximum atomic E-state index is 15.0. The van der Waals surface area contributed by atoms with E-state index in [1.807, 2.05) is 4.90 Å². The van der Waals surface area contributed by atoms with Crippen molar-refractivity contribution < 1.29 is 33.3 Å². The summed E-state index contributed by atoms with van der Waals surface area (Å²) in [5.41, 5.74) is 11.3. The minimum absolute atomic E-state index is 0.0285. The van der Waals surface area contributed by atoms with Crippen LogP contribution in [0.1, 0.15) is 12.0 Å². The van der Waals surface area contributed by atoms with E-state index in [0.717, 1.165) is 5.56 Å². The lowest BCUT2D eigenvalue weighted by Crippen LogP contribution is -2.49. The largest absolute Gasteiger partial charge is 0.493 e. The summed E-state index contributed by atoms with van der Waals surface area (Å²) in [6, 6.07) is 7.70. The van der Waals surface area contributed by atoms with Crippen LogP contribution in [-0.2, 0) is 11.2 Å². The SMILES string of the molecule is C#C.COc1cc2c(N)nc(N3CCN(C(=O)CCc4ccc(F)cc4)CC3)nc2c(F)c1OC.[B]C(N)(O)O. The summed E-state index contributed by atoms with van der Waals surface area (Å²) in [7, 11) is 7.01. The van der Waals surface area contributed by atoms with Crippen LogP contribution in [0.3, 0.4) is 0 Å². The van der Waals surface area contributed by atoms with E-state index in [-0.39, 0.29) is 34.6 Å². The lowest BCUT2D eigenvalue weighted by atomic mass is 10.1. The molecule has 0 bridgehead atoms. The first-order chi connectivity index (χ1) is 18.9. The van der Waals surface area contributed by atoms with Gasteiger partial charge in [-0.3, -0.25) is 10.5 Å². The average molecular weight is 556 g/mol. The Morgan fingerprint density at radius 2 is 1.68 bits per heavy atom. The second-order valence-electron chi connectivity index (χ2n) is 8.51. The van der Waals surface area contributed by atoms with Crippen LogP contribution in [0.15, 0.2) is 30.3 Å². The van der Waals surface area contributed by atoms with Gasteiger partial charge >= 0.3 is 0 Å². The van der Waals surface area contributed by atoms with Crippen molar-refractivity contribution in [2.75, 3.05) is 51.0 Å². The Morgan fingerprint density at radius 1 is 1.10 bits per heavy atom. The number of carbonyl (C=O) groups excluding carboxylic acids is 1. The first kappa shape index (κ1) is 32.0. The molecule has 0 spiro atoms. The molecule has 14 heteroatoms. The van der Waals surface area contributed by atoms with E-state index in [1.54, 1.807) is 23.1 Å². The van der Waals surface area contributed by atoms with E-state index in [0.29, 0.717) is 50.4 Å². The van der Waals surface area contributed by atoms with Crippen molar-refractivity contribution in [3.63, 3.8) is 0 Å². The Labute approximate surface area is 232 Å². The molecule has 40 heavy (non-hydrogen) atoms. The summed E-state index contributed by atoms with van der Waals surface area (Å²) in [5, 5.41) is 15.6. The van der Waals surface area contributed by atoms with Crippen molar-refractivity contribution in [1.82, 2.24) is 14.9 Å². The molecule has 2 heterocycles. The number of carbonyl (C=O) groups is 1. The molecule has 1 amide bonds. The second kappa shape index (κ2) is 14.3. The fourth-order valence-corrected chi connectivity index (χ4v) is 3.90. The van der Waals surface area contributed by atoms with E-state index < -0.39 is 11.6 Å². The number of hydrogen-bond donors (Lipinski definition) is 4. The topological polar surface area (TPSA) is 160 Å². The Bertz CT molecular complexity index is 1310. The van der Waals surface area contributed by atoms with Crippen LogP contribution < -0.4 is 25.8 Å². The molecule has 0 aliphatic carbocycles. The highest BCUT2D eigenvalue weighted by molar-refractivity contribution is 6.12. The number of nitrogens with zero attached hydrogens (tertiary/aromatic N) is 4. The number of fused-ring (bicyclic) bond motifs is 1. The number of anilines is 2. The van der Waals surface area contributed by atoms with Crippen molar-refractivity contribution in [3.8, 4) is 24.3 Å². The zero-order valence-electron chi connectivity index (χ0n) is 22.2. The third kappa shape index (κ3) is 8.67. The minimum Gasteiger partial charge on any atom is -0.493 e. The molecule has 1 fully saturated rings. The van der Waals surface area contributed by atoms with Crippen molar-refractivity contribution in [1.29, 1.82) is 0 Å². The molecule has 212 valence electrons. The Morgan fingerprint density at radius 3 is 2.20 bits per heavy atom. The summed E-state index contributed by atoms with van der Waals surface area (Å²) < 4.78 is 38.3. The van der Waals surface area contributed by atoms with Crippen LogP contribution in [0, 0.1) is 24.5 Å². The van der Waals surface area contributed by atoms with Gasteiger partial charge in [0.15, 0.2) is 31.0 Å². The summed E-state index contributed by atoms with van der Waals surface area (Å²) in [4.78, 5) is 25.0. The van der Waals surface area contributed by atoms with Gasteiger partial charge in [0.05, 0.1) is 14.2 Å². The van der Waals surface area contributed by atoms with Gasteiger partial charge < -0.3 is 35.2 Å². The van der Waals surface area contributed by atoms with Gasteiger partial charge in [0.1, 0.15) is 17.2 Å². The van der Waals surface area contributed by atoms with Crippen molar-refractivity contribution in [3.05, 3.63) is 47.5 Å². The van der Waals surface area contributed by atoms with Gasteiger partial charge in [-0.05, 0) is 30.2 Å². The number of benzene rings is 2. The lowest BCUT2D eigenvalue weighted by molar-refractivity contribution is -0.131. The molecule has 1 saturated heterocycles. The highest BCUT2D eigenvalue weighted by Crippen LogP contribution is 2.37. The van der Waals surface area contributed by atoms with Crippen LogP contribution in [0.4, 0.5) is 20.5 Å². The van der Waals surface area contributed by atoms with Crippen LogP contribution in [-0.4, -0.2) is 85.0 Å². The number of aliphatic hydroxyl groups is 2. The van der Waals surface area contributed by atoms with Crippen LogP contribution in [0.25, 0.3) is 10.9 Å². The third-order valence-electron chi connectivity index (χ3n) is 5.75. The quantitative estimate of drug-likeness (QED) is 0.194. The Hall–Kier alpha value is -4.19. The van der Waals surface area contributed by atoms with Gasteiger partial charge in [-0.2, -0.15) is 4.98 Å². The fraction of sp³-hybridized carbons (Fsp3) is 0.346. The van der Waals surface area contributed by atoms with E-state index in [1.165, 1.54) is 26.4 Å². The highest BCUT2D eigenvalue weighted by atomic mass is 19.1. The first-order valence-electron chi connectivity index (χ1n) is 11.9. The lowest BCUT2D eigenvalue weighted by Gasteiger charge is -2.35. The van der Waals surface area contributed by atoms with E-state index in [4.69, 9.17) is 25.4 Å². The number of methoxy groups -OCH3 is 2. The number of ether oxygens (including phenoxy) is 2. The monoisotopic (exact) mass is 556 g/mol. The molecule has 6 N–H and O–H groups in total. The molecule has 1 aliphatic heterocycles. The van der Waals surface area contributed by atoms with E-state index >= 15 is 4.39 Å². The smallest absolute Gasteiger partial charge is 0.228 e. The number of piperazine rings is 1. The number of amides is 1. The maximum absolute atomic E-state index is 15.0. The predicted molar refractivity (Wildman–Crippen MR) is 148 cm³/mol. The van der Waals surface area contributed by atoms with E-state index in [2.05, 4.69) is 36.4 Å². The predicted octanol–water partition coefficient (Wildman–Crippen LogP) is 0.748. The Balaban J connectivity index is 0.000000722. The summed E-state index contributed by atoms with van der Waals surface area (Å²) in [6.45, 7) is 1.94. The van der Waals surface area contributed by atoms with E-state index in [9.17, 15) is 9.18 Å². The number of aryl methyl sites for hydroxylation is 1. The minimum atomic E-state index is -2.50. The second-order valence-corrected chi connectivity index (χ2v) is 8.51. The van der Waals surface area contributed by atoms with Gasteiger partial charge in [-0.25, -0.2) is 13.8 Å². The maximum Gasteiger partial charge on any atom is 0.228 e. The number of aromatic nitrogens is 2. The van der Waals surface area contributed by atoms with Crippen LogP contribution in [0.5, 0.6) is 11.5 Å². The number of nitrogen functional groups attached to an aromatic ring is 1. The van der Waals surface area contributed by atoms with Gasteiger partial charge in [0.25, 0.3) is 0 Å². The number of hydrogen-bond acceptors (Lipinski definition) is 10. The molecule has 1 aromatic heterocycles. The average Bonchev–Trinajstić information content (AvgIpc) is 2.93. The van der Waals surface area contributed by atoms with Crippen LogP contribution in [0.2, 0.25) is 0 Å². The zero-order valence-corrected chi connectivity index (χ0v) is 22.2. The number of rotatable bonds is 6. The molecule has 1 aliphatic rings. The molecule has 11 nitrogen and oxygen atoms in total. The van der Waals surface area contributed by atoms with Crippen molar-refractivity contribution >= 4 is 36.4 Å². The van der Waals surface area contributed by atoms with Gasteiger partial charge in [0, 0.05) is 38.0 Å². The molecule has 3 aromatic rings. The van der Waals surface area contributed by atoms with Gasteiger partial charge in [0.2, 0.25) is 11.9 Å². The molecule has 0 unspecified atom stereocenters. The molecular weight excluding hydrogens is 525 g/mol. The molecule has 4 rings (SSSR count). The normalized spacial score (nSPS) is 13.0. The first-order valence-corrected chi connectivity index (χ1v) is 11.9. The summed E-state index contributed by atoms with van der Waals surface area (Å²) in [6.07, 6.45) is 8.89. The fourth-order valence-electron chi connectivity index (χ4n) is 3.90. The number of nitrogens with two attached hydrogens (primary N) is 2.